The van der Waals surface area contributed by atoms with Crippen molar-refractivity contribution in [2.45, 2.75) is 13.8 Å². The number of halogens is 1. The maximum atomic E-state index is 12.9. The summed E-state index contributed by atoms with van der Waals surface area (Å²) in [6.07, 6.45) is 0.611. The van der Waals surface area contributed by atoms with Crippen molar-refractivity contribution in [3.05, 3.63) is 47.5 Å². The number of nitrogens with zero attached hydrogens (tertiary/aromatic N) is 2. The summed E-state index contributed by atoms with van der Waals surface area (Å²) in [5, 5.41) is 4.09. The molecule has 7 nitrogen and oxygen atoms in total. The van der Waals surface area contributed by atoms with E-state index in [0.717, 1.165) is 0 Å². The minimum Gasteiger partial charge on any atom is -0.449 e. The highest BCUT2D eigenvalue weighted by Crippen LogP contribution is 2.14. The van der Waals surface area contributed by atoms with Gasteiger partial charge >= 0.3 is 6.09 Å². The Morgan fingerprint density at radius 1 is 1.27 bits per heavy atom. The van der Waals surface area contributed by atoms with Crippen molar-refractivity contribution in [3.63, 3.8) is 0 Å². The zero-order chi connectivity index (χ0) is 16.1. The number of nitrogens with one attached hydrogen (secondary N) is 2. The van der Waals surface area contributed by atoms with Gasteiger partial charge in [0.15, 0.2) is 0 Å². The largest absolute Gasteiger partial charge is 0.449 e. The molecule has 0 atom stereocenters. The highest BCUT2D eigenvalue weighted by Gasteiger charge is 2.15. The van der Waals surface area contributed by atoms with E-state index in [-0.39, 0.29) is 18.0 Å². The summed E-state index contributed by atoms with van der Waals surface area (Å²) in [5.41, 5.74) is 5.79. The van der Waals surface area contributed by atoms with Gasteiger partial charge in [-0.3, -0.25) is 10.2 Å². The van der Waals surface area contributed by atoms with Crippen LogP contribution in [0.5, 0.6) is 0 Å². The molecule has 1 aromatic carbocycles. The van der Waals surface area contributed by atoms with Crippen molar-refractivity contribution in [2.24, 2.45) is 0 Å². The van der Waals surface area contributed by atoms with Crippen LogP contribution in [0.25, 0.3) is 5.69 Å². The van der Waals surface area contributed by atoms with Gasteiger partial charge < -0.3 is 4.74 Å². The number of aromatic nitrogens is 2. The number of hydrogen-bond acceptors (Lipinski definition) is 4. The van der Waals surface area contributed by atoms with Gasteiger partial charge in [0.05, 0.1) is 29.7 Å². The van der Waals surface area contributed by atoms with Crippen molar-refractivity contribution in [2.75, 3.05) is 6.61 Å². The molecule has 8 heteroatoms. The molecule has 2 aromatic rings. The summed E-state index contributed by atoms with van der Waals surface area (Å²) >= 11 is 0. The van der Waals surface area contributed by atoms with Crippen LogP contribution in [0.3, 0.4) is 0 Å². The first kappa shape index (κ1) is 15.5. The molecular formula is C14H15FN4O3. The van der Waals surface area contributed by atoms with Crippen LogP contribution in [0.2, 0.25) is 0 Å². The number of amides is 2. The first-order chi connectivity index (χ1) is 10.5. The standard InChI is InChI=1S/C14H15FN4O3/c1-3-22-14(21)18-17-13(20)12-8-16-19(9(12)2)11-6-4-10(15)5-7-11/h4-8H,3H2,1-2H3,(H,17,20)(H,18,21). The fraction of sp³-hybridized carbons (Fsp3) is 0.214. The van der Waals surface area contributed by atoms with E-state index in [2.05, 4.69) is 20.7 Å². The predicted molar refractivity (Wildman–Crippen MR) is 75.9 cm³/mol. The molecule has 1 heterocycles. The third-order valence-corrected chi connectivity index (χ3v) is 2.88. The van der Waals surface area contributed by atoms with E-state index in [4.69, 9.17) is 0 Å². The Labute approximate surface area is 126 Å². The van der Waals surface area contributed by atoms with E-state index in [1.165, 1.54) is 23.0 Å². The lowest BCUT2D eigenvalue weighted by Crippen LogP contribution is -2.42. The number of hydrogen-bond donors (Lipinski definition) is 2. The SMILES string of the molecule is CCOC(=O)NNC(=O)c1cnn(-c2ccc(F)cc2)c1C. The summed E-state index contributed by atoms with van der Waals surface area (Å²) < 4.78 is 19.1. The molecule has 0 radical (unpaired) electrons. The number of carbonyl (C=O) groups is 2. The van der Waals surface area contributed by atoms with E-state index in [9.17, 15) is 14.0 Å². The molecule has 0 bridgehead atoms. The summed E-state index contributed by atoms with van der Waals surface area (Å²) in [5.74, 6) is -0.885. The lowest BCUT2D eigenvalue weighted by molar-refractivity contribution is 0.0912. The van der Waals surface area contributed by atoms with Gasteiger partial charge in [0.25, 0.3) is 5.91 Å². The second kappa shape index (κ2) is 6.70. The van der Waals surface area contributed by atoms with Gasteiger partial charge in [-0.1, -0.05) is 0 Å². The van der Waals surface area contributed by atoms with Gasteiger partial charge in [-0.25, -0.2) is 19.3 Å². The van der Waals surface area contributed by atoms with E-state index < -0.39 is 12.0 Å². The topological polar surface area (TPSA) is 85.2 Å². The molecule has 0 saturated carbocycles. The number of ether oxygens (including phenoxy) is 1. The predicted octanol–water partition coefficient (Wildman–Crippen LogP) is 1.71. The Morgan fingerprint density at radius 2 is 1.95 bits per heavy atom. The Balaban J connectivity index is 2.12. The molecule has 1 aromatic heterocycles. The van der Waals surface area contributed by atoms with Gasteiger partial charge in [-0.15, -0.1) is 0 Å². The second-order valence-electron chi connectivity index (χ2n) is 4.33. The average Bonchev–Trinajstić information content (AvgIpc) is 2.88. The molecular weight excluding hydrogens is 291 g/mol. The van der Waals surface area contributed by atoms with E-state index in [0.29, 0.717) is 11.4 Å². The molecule has 2 N–H and O–H groups in total. The normalized spacial score (nSPS) is 10.1. The van der Waals surface area contributed by atoms with Crippen molar-refractivity contribution in [1.82, 2.24) is 20.6 Å². The van der Waals surface area contributed by atoms with Crippen LogP contribution >= 0.6 is 0 Å². The minimum atomic E-state index is -0.751. The number of hydrazine groups is 1. The van der Waals surface area contributed by atoms with Crippen LogP contribution in [0.15, 0.2) is 30.5 Å². The smallest absolute Gasteiger partial charge is 0.426 e. The summed E-state index contributed by atoms with van der Waals surface area (Å²) in [6.45, 7) is 3.54. The molecule has 0 unspecified atom stereocenters. The maximum Gasteiger partial charge on any atom is 0.426 e. The van der Waals surface area contributed by atoms with E-state index in [1.54, 1.807) is 26.0 Å². The van der Waals surface area contributed by atoms with Crippen molar-refractivity contribution >= 4 is 12.0 Å². The van der Waals surface area contributed by atoms with Crippen LogP contribution in [0.4, 0.5) is 9.18 Å². The third kappa shape index (κ3) is 3.40. The second-order valence-corrected chi connectivity index (χ2v) is 4.33. The maximum absolute atomic E-state index is 12.9. The van der Waals surface area contributed by atoms with E-state index >= 15 is 0 Å². The highest BCUT2D eigenvalue weighted by atomic mass is 19.1. The number of rotatable bonds is 3. The van der Waals surface area contributed by atoms with Crippen molar-refractivity contribution in [3.8, 4) is 5.69 Å². The van der Waals surface area contributed by atoms with Crippen LogP contribution < -0.4 is 10.9 Å². The monoisotopic (exact) mass is 306 g/mol. The first-order valence-corrected chi connectivity index (χ1v) is 6.56. The Morgan fingerprint density at radius 3 is 2.59 bits per heavy atom. The fourth-order valence-corrected chi connectivity index (χ4v) is 1.82. The van der Waals surface area contributed by atoms with E-state index in [1.807, 2.05) is 0 Å². The molecule has 22 heavy (non-hydrogen) atoms. The first-order valence-electron chi connectivity index (χ1n) is 6.56. The van der Waals surface area contributed by atoms with Crippen LogP contribution in [-0.4, -0.2) is 28.4 Å². The van der Waals surface area contributed by atoms with Crippen LogP contribution in [-0.2, 0) is 4.74 Å². The van der Waals surface area contributed by atoms with Crippen molar-refractivity contribution in [1.29, 1.82) is 0 Å². The quantitative estimate of drug-likeness (QED) is 0.845. The number of benzene rings is 1. The van der Waals surface area contributed by atoms with Gasteiger partial charge in [-0.05, 0) is 38.1 Å². The summed E-state index contributed by atoms with van der Waals surface area (Å²) in [6, 6.07) is 5.71. The molecule has 0 fully saturated rings. The minimum absolute atomic E-state index is 0.198. The van der Waals surface area contributed by atoms with Gasteiger partial charge in [-0.2, -0.15) is 5.10 Å². The van der Waals surface area contributed by atoms with Crippen LogP contribution in [0.1, 0.15) is 23.0 Å². The third-order valence-electron chi connectivity index (χ3n) is 2.88. The molecule has 0 spiro atoms. The zero-order valence-electron chi connectivity index (χ0n) is 12.1. The molecule has 0 aliphatic rings. The Kier molecular flexibility index (Phi) is 4.72. The van der Waals surface area contributed by atoms with Gasteiger partial charge in [0.1, 0.15) is 5.82 Å². The van der Waals surface area contributed by atoms with Crippen LogP contribution in [0, 0.1) is 12.7 Å². The Bertz CT molecular complexity index is 682. The lowest BCUT2D eigenvalue weighted by atomic mass is 10.2. The van der Waals surface area contributed by atoms with Crippen molar-refractivity contribution < 1.29 is 18.7 Å². The molecule has 0 aliphatic heterocycles. The molecule has 0 saturated heterocycles. The number of carbonyl (C=O) groups excluding carboxylic acids is 2. The molecule has 0 aliphatic carbocycles. The highest BCUT2D eigenvalue weighted by molar-refractivity contribution is 5.95. The summed E-state index contributed by atoms with van der Waals surface area (Å²) in [4.78, 5) is 23.1. The summed E-state index contributed by atoms with van der Waals surface area (Å²) in [7, 11) is 0. The average molecular weight is 306 g/mol. The Hall–Kier alpha value is -2.90. The zero-order valence-corrected chi connectivity index (χ0v) is 12.1. The fourth-order valence-electron chi connectivity index (χ4n) is 1.82. The van der Waals surface area contributed by atoms with Gasteiger partial charge in [0.2, 0.25) is 0 Å². The lowest BCUT2D eigenvalue weighted by Gasteiger charge is -2.07. The molecule has 2 rings (SSSR count). The molecule has 116 valence electrons. The molecule has 2 amide bonds. The van der Waals surface area contributed by atoms with Gasteiger partial charge in [0, 0.05) is 0 Å².